The topological polar surface area (TPSA) is 44.1 Å². The van der Waals surface area contributed by atoms with Gasteiger partial charge < -0.3 is 4.74 Å². The molecule has 1 aromatic heterocycles. The van der Waals surface area contributed by atoms with E-state index in [1.165, 1.54) is 18.0 Å². The lowest BCUT2D eigenvalue weighted by Crippen LogP contribution is -2.13. The van der Waals surface area contributed by atoms with Crippen molar-refractivity contribution in [3.63, 3.8) is 0 Å². The van der Waals surface area contributed by atoms with Crippen LogP contribution in [0.15, 0.2) is 24.4 Å². The lowest BCUT2D eigenvalue weighted by molar-refractivity contribution is 0.102. The van der Waals surface area contributed by atoms with Crippen LogP contribution in [0.3, 0.4) is 0 Å². The number of aromatic nitrogens is 2. The van der Waals surface area contributed by atoms with Crippen molar-refractivity contribution < 1.29 is 18.3 Å². The summed E-state index contributed by atoms with van der Waals surface area (Å²) in [5, 5.41) is 3.96. The maximum Gasteiger partial charge on any atom is 0.217 e. The van der Waals surface area contributed by atoms with Crippen molar-refractivity contribution >= 4 is 5.78 Å². The van der Waals surface area contributed by atoms with Gasteiger partial charge in [-0.3, -0.25) is 9.48 Å². The summed E-state index contributed by atoms with van der Waals surface area (Å²) in [6, 6.07) is 2.74. The van der Waals surface area contributed by atoms with E-state index < -0.39 is 17.4 Å². The van der Waals surface area contributed by atoms with Gasteiger partial charge in [0.15, 0.2) is 11.4 Å². The van der Waals surface area contributed by atoms with Gasteiger partial charge in [0.25, 0.3) is 0 Å². The van der Waals surface area contributed by atoms with E-state index in [1.54, 1.807) is 6.92 Å². The molecule has 0 aliphatic heterocycles. The van der Waals surface area contributed by atoms with Gasteiger partial charge in [-0.1, -0.05) is 0 Å². The fourth-order valence-electron chi connectivity index (χ4n) is 1.79. The molecule has 0 bridgehead atoms. The van der Waals surface area contributed by atoms with Crippen molar-refractivity contribution in [3.8, 4) is 5.75 Å². The lowest BCUT2D eigenvalue weighted by Gasteiger charge is -2.07. The van der Waals surface area contributed by atoms with E-state index in [0.29, 0.717) is 6.54 Å². The molecule has 2 rings (SSSR count). The van der Waals surface area contributed by atoms with Gasteiger partial charge in [0.05, 0.1) is 18.9 Å². The molecule has 1 heterocycles. The van der Waals surface area contributed by atoms with Crippen LogP contribution >= 0.6 is 0 Å². The summed E-state index contributed by atoms with van der Waals surface area (Å²) in [4.78, 5) is 12.3. The molecule has 100 valence electrons. The summed E-state index contributed by atoms with van der Waals surface area (Å²) in [5.74, 6) is -1.88. The zero-order valence-electron chi connectivity index (χ0n) is 10.5. The normalized spacial score (nSPS) is 10.5. The molecule has 0 aliphatic carbocycles. The zero-order valence-corrected chi connectivity index (χ0v) is 10.5. The average molecular weight is 266 g/mol. The summed E-state index contributed by atoms with van der Waals surface area (Å²) in [6.07, 6.45) is 1.37. The summed E-state index contributed by atoms with van der Waals surface area (Å²) >= 11 is 0. The monoisotopic (exact) mass is 266 g/mol. The Morgan fingerprint density at radius 1 is 1.42 bits per heavy atom. The van der Waals surface area contributed by atoms with Crippen LogP contribution < -0.4 is 4.74 Å². The highest BCUT2D eigenvalue weighted by Gasteiger charge is 2.23. The van der Waals surface area contributed by atoms with Gasteiger partial charge >= 0.3 is 0 Å². The van der Waals surface area contributed by atoms with Crippen molar-refractivity contribution in [2.45, 2.75) is 13.5 Å². The van der Waals surface area contributed by atoms with E-state index in [4.69, 9.17) is 4.74 Å². The molecule has 2 aromatic rings. The van der Waals surface area contributed by atoms with Crippen molar-refractivity contribution in [2.75, 3.05) is 7.11 Å². The van der Waals surface area contributed by atoms with Gasteiger partial charge in [0, 0.05) is 6.54 Å². The second-order valence-electron chi connectivity index (χ2n) is 3.83. The van der Waals surface area contributed by atoms with Crippen LogP contribution in [-0.4, -0.2) is 22.7 Å². The highest BCUT2D eigenvalue weighted by Crippen LogP contribution is 2.23. The predicted octanol–water partition coefficient (Wildman–Crippen LogP) is 2.42. The number of carbonyl (C=O) groups excluding carboxylic acids is 1. The number of benzene rings is 1. The first-order valence-electron chi connectivity index (χ1n) is 5.68. The minimum atomic E-state index is -0.780. The first-order chi connectivity index (χ1) is 9.08. The molecule has 0 saturated heterocycles. The Hall–Kier alpha value is -2.24. The Morgan fingerprint density at radius 2 is 2.16 bits per heavy atom. The van der Waals surface area contributed by atoms with E-state index >= 15 is 0 Å². The summed E-state index contributed by atoms with van der Waals surface area (Å²) in [7, 11) is 1.38. The third-order valence-electron chi connectivity index (χ3n) is 2.71. The standard InChI is InChI=1S/C13H12F2N2O2/c1-3-17-12(11(19-2)7-16-17)13(18)9-6-8(14)4-5-10(9)15/h4-7H,3H2,1-2H3. The Labute approximate surface area is 108 Å². The minimum Gasteiger partial charge on any atom is -0.493 e. The maximum absolute atomic E-state index is 13.6. The molecule has 0 saturated carbocycles. The molecule has 0 unspecified atom stereocenters. The van der Waals surface area contributed by atoms with Crippen LogP contribution in [0, 0.1) is 11.6 Å². The first-order valence-corrected chi connectivity index (χ1v) is 5.68. The number of aryl methyl sites for hydroxylation is 1. The fourth-order valence-corrected chi connectivity index (χ4v) is 1.79. The number of rotatable bonds is 4. The van der Waals surface area contributed by atoms with Gasteiger partial charge in [-0.15, -0.1) is 0 Å². The number of hydrogen-bond acceptors (Lipinski definition) is 3. The molecule has 0 radical (unpaired) electrons. The van der Waals surface area contributed by atoms with Crippen LogP contribution in [0.25, 0.3) is 0 Å². The Morgan fingerprint density at radius 3 is 2.79 bits per heavy atom. The first kappa shape index (κ1) is 13.2. The molecule has 19 heavy (non-hydrogen) atoms. The van der Waals surface area contributed by atoms with E-state index in [1.807, 2.05) is 0 Å². The number of nitrogens with zero attached hydrogens (tertiary/aromatic N) is 2. The number of ketones is 1. The van der Waals surface area contributed by atoms with Crippen LogP contribution in [0.1, 0.15) is 23.0 Å². The van der Waals surface area contributed by atoms with E-state index in [-0.39, 0.29) is 17.0 Å². The van der Waals surface area contributed by atoms with E-state index in [0.717, 1.165) is 18.2 Å². The minimum absolute atomic E-state index is 0.106. The van der Waals surface area contributed by atoms with Crippen molar-refractivity contribution in [2.24, 2.45) is 0 Å². The van der Waals surface area contributed by atoms with Gasteiger partial charge in [-0.2, -0.15) is 5.10 Å². The number of methoxy groups -OCH3 is 1. The second kappa shape index (κ2) is 5.17. The molecule has 0 atom stereocenters. The molecule has 0 amide bonds. The molecular formula is C13H12F2N2O2. The quantitative estimate of drug-likeness (QED) is 0.798. The van der Waals surface area contributed by atoms with Gasteiger partial charge in [0.1, 0.15) is 11.6 Å². The van der Waals surface area contributed by atoms with Crippen molar-refractivity contribution in [1.82, 2.24) is 9.78 Å². The molecule has 0 fully saturated rings. The van der Waals surface area contributed by atoms with Crippen molar-refractivity contribution in [3.05, 3.63) is 47.3 Å². The van der Waals surface area contributed by atoms with Gasteiger partial charge in [0.2, 0.25) is 5.78 Å². The molecule has 0 aliphatic rings. The van der Waals surface area contributed by atoms with Crippen LogP contribution in [-0.2, 0) is 6.54 Å². The van der Waals surface area contributed by atoms with E-state index in [2.05, 4.69) is 5.10 Å². The number of hydrogen-bond donors (Lipinski definition) is 0. The fraction of sp³-hybridized carbons (Fsp3) is 0.231. The smallest absolute Gasteiger partial charge is 0.217 e. The Balaban J connectivity index is 2.55. The van der Waals surface area contributed by atoms with Crippen molar-refractivity contribution in [1.29, 1.82) is 0 Å². The van der Waals surface area contributed by atoms with Crippen LogP contribution in [0.4, 0.5) is 8.78 Å². The highest BCUT2D eigenvalue weighted by molar-refractivity contribution is 6.09. The lowest BCUT2D eigenvalue weighted by atomic mass is 10.1. The molecule has 6 heteroatoms. The Bertz CT molecular complexity index is 602. The second-order valence-corrected chi connectivity index (χ2v) is 3.83. The SMILES string of the molecule is CCn1ncc(OC)c1C(=O)c1cc(F)ccc1F. The zero-order chi connectivity index (χ0) is 14.0. The maximum atomic E-state index is 13.6. The van der Waals surface area contributed by atoms with Crippen LogP contribution in [0.5, 0.6) is 5.75 Å². The summed E-state index contributed by atoms with van der Waals surface area (Å²) < 4.78 is 33.2. The third kappa shape index (κ3) is 2.33. The van der Waals surface area contributed by atoms with Gasteiger partial charge in [-0.05, 0) is 25.1 Å². The number of ether oxygens (including phenoxy) is 1. The van der Waals surface area contributed by atoms with Gasteiger partial charge in [-0.25, -0.2) is 8.78 Å². The molecule has 1 aromatic carbocycles. The third-order valence-corrected chi connectivity index (χ3v) is 2.71. The molecule has 0 N–H and O–H groups in total. The molecule has 4 nitrogen and oxygen atoms in total. The highest BCUT2D eigenvalue weighted by atomic mass is 19.1. The largest absolute Gasteiger partial charge is 0.493 e. The number of carbonyl (C=O) groups is 1. The molecule has 0 spiro atoms. The number of halogens is 2. The summed E-state index contributed by atoms with van der Waals surface area (Å²) in [6.45, 7) is 2.20. The average Bonchev–Trinajstić information content (AvgIpc) is 2.83. The Kier molecular flexibility index (Phi) is 3.59. The predicted molar refractivity (Wildman–Crippen MR) is 64.2 cm³/mol. The molecular weight excluding hydrogens is 254 g/mol. The summed E-state index contributed by atoms with van der Waals surface area (Å²) in [5.41, 5.74) is -0.233. The van der Waals surface area contributed by atoms with E-state index in [9.17, 15) is 13.6 Å². The van der Waals surface area contributed by atoms with Crippen LogP contribution in [0.2, 0.25) is 0 Å².